The highest BCUT2D eigenvalue weighted by atomic mass is 32.1. The molecule has 1 heterocycles. The lowest BCUT2D eigenvalue weighted by Gasteiger charge is -2.27. The van der Waals surface area contributed by atoms with Crippen LogP contribution in [-0.4, -0.2) is 17.0 Å². The topological polar surface area (TPSA) is 66.4 Å². The van der Waals surface area contributed by atoms with Crippen LogP contribution < -0.4 is 5.32 Å². The molecule has 0 saturated carbocycles. The summed E-state index contributed by atoms with van der Waals surface area (Å²) in [5.41, 5.74) is 1.32. The number of carboxylic acids is 1. The molecule has 0 saturated heterocycles. The first-order valence-electron chi connectivity index (χ1n) is 6.76. The molecule has 1 aromatic heterocycles. The van der Waals surface area contributed by atoms with Gasteiger partial charge in [-0.2, -0.15) is 11.3 Å². The van der Waals surface area contributed by atoms with E-state index in [-0.39, 0.29) is 12.3 Å². The Morgan fingerprint density at radius 3 is 2.81 bits per heavy atom. The number of aliphatic carboxylic acids is 1. The van der Waals surface area contributed by atoms with Crippen LogP contribution in [0.15, 0.2) is 41.1 Å². The highest BCUT2D eigenvalue weighted by Crippen LogP contribution is 2.37. The van der Waals surface area contributed by atoms with Gasteiger partial charge in [0.2, 0.25) is 5.91 Å². The molecule has 1 unspecified atom stereocenters. The Bertz CT molecular complexity index is 681. The molecule has 1 aliphatic carbocycles. The first-order chi connectivity index (χ1) is 10.1. The van der Waals surface area contributed by atoms with Gasteiger partial charge in [-0.3, -0.25) is 4.79 Å². The van der Waals surface area contributed by atoms with Gasteiger partial charge in [0.1, 0.15) is 0 Å². The van der Waals surface area contributed by atoms with Gasteiger partial charge in [0.05, 0.1) is 6.42 Å². The van der Waals surface area contributed by atoms with Crippen molar-refractivity contribution in [3.05, 3.63) is 57.8 Å². The average molecular weight is 301 g/mol. The normalized spacial score (nSPS) is 20.0. The van der Waals surface area contributed by atoms with Crippen LogP contribution >= 0.6 is 11.3 Å². The number of amides is 1. The number of fused-ring (bicyclic) bond motifs is 1. The molecule has 2 aromatic rings. The van der Waals surface area contributed by atoms with E-state index in [0.717, 1.165) is 11.1 Å². The maximum atomic E-state index is 12.2. The predicted octanol–water partition coefficient (Wildman–Crippen LogP) is 2.33. The minimum atomic E-state index is -1.29. The fourth-order valence-electron chi connectivity index (χ4n) is 2.88. The molecule has 108 valence electrons. The van der Waals surface area contributed by atoms with Gasteiger partial charge in [-0.1, -0.05) is 24.3 Å². The van der Waals surface area contributed by atoms with Gasteiger partial charge in [-0.05, 0) is 46.4 Å². The minimum absolute atomic E-state index is 0.209. The smallest absolute Gasteiger partial charge is 0.334 e. The Morgan fingerprint density at radius 1 is 1.29 bits per heavy atom. The van der Waals surface area contributed by atoms with Crippen molar-refractivity contribution in [2.75, 3.05) is 0 Å². The maximum absolute atomic E-state index is 12.2. The average Bonchev–Trinajstić information content (AvgIpc) is 3.08. The summed E-state index contributed by atoms with van der Waals surface area (Å²) >= 11 is 1.52. The van der Waals surface area contributed by atoms with Gasteiger partial charge in [-0.15, -0.1) is 0 Å². The van der Waals surface area contributed by atoms with E-state index in [9.17, 15) is 14.7 Å². The fourth-order valence-corrected chi connectivity index (χ4v) is 3.55. The molecule has 1 aromatic carbocycles. The Balaban J connectivity index is 1.86. The van der Waals surface area contributed by atoms with Crippen LogP contribution in [0.2, 0.25) is 0 Å². The molecule has 1 atom stereocenters. The van der Waals surface area contributed by atoms with E-state index in [1.807, 2.05) is 35.0 Å². The molecule has 1 amide bonds. The van der Waals surface area contributed by atoms with E-state index in [4.69, 9.17) is 0 Å². The lowest BCUT2D eigenvalue weighted by molar-refractivity contribution is -0.148. The van der Waals surface area contributed by atoms with E-state index in [0.29, 0.717) is 18.4 Å². The van der Waals surface area contributed by atoms with Crippen molar-refractivity contribution < 1.29 is 14.7 Å². The number of nitrogens with one attached hydrogen (secondary N) is 1. The molecule has 0 bridgehead atoms. The summed E-state index contributed by atoms with van der Waals surface area (Å²) in [6.45, 7) is 0. The Labute approximate surface area is 126 Å². The Kier molecular flexibility index (Phi) is 3.51. The standard InChI is InChI=1S/C16H15NO3S/c18-14(9-11-6-8-21-10-11)17-16(15(19)20)7-5-12-3-1-2-4-13(12)16/h1-4,6,8,10H,5,7,9H2,(H,17,18)(H,19,20). The molecular formula is C16H15NO3S. The third kappa shape index (κ3) is 2.45. The lowest BCUT2D eigenvalue weighted by atomic mass is 9.91. The predicted molar refractivity (Wildman–Crippen MR) is 80.2 cm³/mol. The van der Waals surface area contributed by atoms with E-state index in [1.165, 1.54) is 11.3 Å². The first-order valence-corrected chi connectivity index (χ1v) is 7.70. The molecule has 21 heavy (non-hydrogen) atoms. The highest BCUT2D eigenvalue weighted by molar-refractivity contribution is 7.08. The zero-order chi connectivity index (χ0) is 14.9. The summed E-state index contributed by atoms with van der Waals surface area (Å²) in [6, 6.07) is 9.30. The Morgan fingerprint density at radius 2 is 2.10 bits per heavy atom. The maximum Gasteiger partial charge on any atom is 0.334 e. The number of hydrogen-bond donors (Lipinski definition) is 2. The SMILES string of the molecule is O=C(Cc1ccsc1)NC1(C(=O)O)CCc2ccccc21. The fraction of sp³-hybridized carbons (Fsp3) is 0.250. The molecule has 1 aliphatic rings. The largest absolute Gasteiger partial charge is 0.479 e. The van der Waals surface area contributed by atoms with Crippen LogP contribution in [-0.2, 0) is 28.0 Å². The number of thiophene rings is 1. The second-order valence-electron chi connectivity index (χ2n) is 5.22. The van der Waals surface area contributed by atoms with Crippen molar-refractivity contribution in [3.8, 4) is 0 Å². The number of aryl methyl sites for hydroxylation is 1. The van der Waals surface area contributed by atoms with Gasteiger partial charge in [0.15, 0.2) is 5.54 Å². The van der Waals surface area contributed by atoms with Gasteiger partial charge in [0, 0.05) is 0 Å². The monoisotopic (exact) mass is 301 g/mol. The van der Waals surface area contributed by atoms with Gasteiger partial charge >= 0.3 is 5.97 Å². The van der Waals surface area contributed by atoms with Crippen LogP contribution in [0.5, 0.6) is 0 Å². The summed E-state index contributed by atoms with van der Waals surface area (Å²) in [6.07, 6.45) is 1.28. The van der Waals surface area contributed by atoms with Crippen molar-refractivity contribution in [3.63, 3.8) is 0 Å². The number of rotatable bonds is 4. The molecule has 4 nitrogen and oxygen atoms in total. The third-order valence-corrected chi connectivity index (χ3v) is 4.64. The van der Waals surface area contributed by atoms with Crippen molar-refractivity contribution in [2.24, 2.45) is 0 Å². The number of benzene rings is 1. The number of carbonyl (C=O) groups excluding carboxylic acids is 1. The highest BCUT2D eigenvalue weighted by Gasteiger charge is 2.46. The van der Waals surface area contributed by atoms with E-state index in [2.05, 4.69) is 5.32 Å². The molecule has 0 aliphatic heterocycles. The van der Waals surface area contributed by atoms with E-state index < -0.39 is 11.5 Å². The third-order valence-electron chi connectivity index (χ3n) is 3.91. The molecule has 5 heteroatoms. The molecule has 2 N–H and O–H groups in total. The summed E-state index contributed by atoms with van der Waals surface area (Å²) in [5.74, 6) is -1.25. The van der Waals surface area contributed by atoms with Crippen molar-refractivity contribution >= 4 is 23.2 Å². The Hall–Kier alpha value is -2.14. The van der Waals surface area contributed by atoms with Crippen molar-refractivity contribution in [1.82, 2.24) is 5.32 Å². The summed E-state index contributed by atoms with van der Waals surface area (Å²) in [4.78, 5) is 24.0. The zero-order valence-electron chi connectivity index (χ0n) is 11.3. The summed E-state index contributed by atoms with van der Waals surface area (Å²) in [7, 11) is 0. The number of carbonyl (C=O) groups is 2. The molecule has 0 fully saturated rings. The van der Waals surface area contributed by atoms with Crippen LogP contribution in [0.1, 0.15) is 23.1 Å². The number of hydrogen-bond acceptors (Lipinski definition) is 3. The van der Waals surface area contributed by atoms with Gasteiger partial charge in [-0.25, -0.2) is 4.79 Å². The number of carboxylic acid groups (broad SMARTS) is 1. The molecule has 3 rings (SSSR count). The van der Waals surface area contributed by atoms with Crippen LogP contribution in [0.3, 0.4) is 0 Å². The van der Waals surface area contributed by atoms with Crippen LogP contribution in [0.4, 0.5) is 0 Å². The minimum Gasteiger partial charge on any atom is -0.479 e. The summed E-state index contributed by atoms with van der Waals surface area (Å²) < 4.78 is 0. The zero-order valence-corrected chi connectivity index (χ0v) is 12.2. The second-order valence-corrected chi connectivity index (χ2v) is 6.00. The summed E-state index contributed by atoms with van der Waals surface area (Å²) in [5, 5.41) is 16.2. The second kappa shape index (κ2) is 5.33. The van der Waals surface area contributed by atoms with Crippen molar-refractivity contribution in [2.45, 2.75) is 24.8 Å². The van der Waals surface area contributed by atoms with Gasteiger partial charge < -0.3 is 10.4 Å². The van der Waals surface area contributed by atoms with Crippen LogP contribution in [0, 0.1) is 0 Å². The first kappa shape index (κ1) is 13.8. The quantitative estimate of drug-likeness (QED) is 0.911. The molecule has 0 radical (unpaired) electrons. The molecule has 0 spiro atoms. The van der Waals surface area contributed by atoms with Crippen LogP contribution in [0.25, 0.3) is 0 Å². The lowest BCUT2D eigenvalue weighted by Crippen LogP contribution is -2.50. The van der Waals surface area contributed by atoms with E-state index >= 15 is 0 Å². The van der Waals surface area contributed by atoms with Gasteiger partial charge in [0.25, 0.3) is 0 Å². The van der Waals surface area contributed by atoms with E-state index in [1.54, 1.807) is 6.07 Å². The molecular weight excluding hydrogens is 286 g/mol. The van der Waals surface area contributed by atoms with Crippen molar-refractivity contribution in [1.29, 1.82) is 0 Å².